The summed E-state index contributed by atoms with van der Waals surface area (Å²) >= 11 is 0. The Bertz CT molecular complexity index is 1040. The van der Waals surface area contributed by atoms with Crippen LogP contribution in [0, 0.1) is 0 Å². The molecule has 2 aromatic carbocycles. The van der Waals surface area contributed by atoms with Crippen LogP contribution in [0.2, 0.25) is 0 Å². The molecule has 2 aromatic rings. The van der Waals surface area contributed by atoms with Crippen molar-refractivity contribution in [1.29, 1.82) is 0 Å². The van der Waals surface area contributed by atoms with E-state index in [1.54, 1.807) is 0 Å². The number of rotatable bonds is 8. The van der Waals surface area contributed by atoms with E-state index in [1.165, 1.54) is 29.7 Å². The van der Waals surface area contributed by atoms with Crippen molar-refractivity contribution in [2.75, 3.05) is 57.3 Å². The molecule has 0 bridgehead atoms. The number of carbonyl (C=O) groups excluding carboxylic acids is 1. The van der Waals surface area contributed by atoms with Crippen LogP contribution in [0.1, 0.15) is 53.7 Å². The van der Waals surface area contributed by atoms with E-state index in [4.69, 9.17) is 0 Å². The molecule has 1 unspecified atom stereocenters. The third-order valence-corrected chi connectivity index (χ3v) is 8.53. The smallest absolute Gasteiger partial charge is 0.254 e. The predicted octanol–water partition coefficient (Wildman–Crippen LogP) is 3.41. The van der Waals surface area contributed by atoms with E-state index in [-0.39, 0.29) is 5.91 Å². The second-order valence-electron chi connectivity index (χ2n) is 10.7. The molecule has 0 aromatic heterocycles. The van der Waals surface area contributed by atoms with Crippen LogP contribution < -0.4 is 4.90 Å². The Hall–Kier alpha value is -2.41. The van der Waals surface area contributed by atoms with Crippen molar-refractivity contribution < 1.29 is 9.90 Å². The van der Waals surface area contributed by atoms with Crippen LogP contribution in [-0.2, 0) is 19.4 Å². The van der Waals surface area contributed by atoms with Gasteiger partial charge in [-0.05, 0) is 73.7 Å². The van der Waals surface area contributed by atoms with Crippen LogP contribution >= 0.6 is 0 Å². The Balaban J connectivity index is 1.15. The Morgan fingerprint density at radius 2 is 1.64 bits per heavy atom. The molecule has 5 rings (SSSR count). The lowest BCUT2D eigenvalue weighted by Gasteiger charge is -2.39. The summed E-state index contributed by atoms with van der Waals surface area (Å²) in [5, 5.41) is 10.8. The summed E-state index contributed by atoms with van der Waals surface area (Å²) in [5.41, 5.74) is 5.98. The first-order valence-corrected chi connectivity index (χ1v) is 13.9. The topological polar surface area (TPSA) is 50.3 Å². The van der Waals surface area contributed by atoms with Gasteiger partial charge in [-0.25, -0.2) is 0 Å². The fraction of sp³-hybridized carbons (Fsp3) is 0.567. The number of piperidine rings is 1. The Morgan fingerprint density at radius 3 is 2.39 bits per heavy atom. The van der Waals surface area contributed by atoms with E-state index in [0.29, 0.717) is 25.7 Å². The fourth-order valence-corrected chi connectivity index (χ4v) is 6.44. The molecule has 6 nitrogen and oxygen atoms in total. The molecule has 1 amide bonds. The number of fused-ring (bicyclic) bond motifs is 2. The van der Waals surface area contributed by atoms with Crippen molar-refractivity contribution in [3.63, 3.8) is 0 Å². The monoisotopic (exact) mass is 490 g/mol. The van der Waals surface area contributed by atoms with Gasteiger partial charge in [0.1, 0.15) is 0 Å². The molecule has 0 spiro atoms. The molecule has 1 fully saturated rings. The molecule has 1 saturated heterocycles. The van der Waals surface area contributed by atoms with Crippen molar-refractivity contribution in [1.82, 2.24) is 14.7 Å². The van der Waals surface area contributed by atoms with Crippen molar-refractivity contribution in [2.45, 2.75) is 58.2 Å². The van der Waals surface area contributed by atoms with Crippen molar-refractivity contribution in [3.05, 3.63) is 64.7 Å². The van der Waals surface area contributed by atoms with E-state index in [9.17, 15) is 9.90 Å². The Morgan fingerprint density at radius 1 is 0.917 bits per heavy atom. The highest BCUT2D eigenvalue weighted by atomic mass is 16.3. The number of aliphatic hydroxyl groups excluding tert-OH is 1. The zero-order valence-corrected chi connectivity index (χ0v) is 22.0. The molecule has 0 aliphatic carbocycles. The summed E-state index contributed by atoms with van der Waals surface area (Å²) in [6, 6.07) is 15.6. The first-order chi connectivity index (χ1) is 17.6. The van der Waals surface area contributed by atoms with Crippen LogP contribution in [0.3, 0.4) is 0 Å². The number of aliphatic hydroxyl groups is 1. The summed E-state index contributed by atoms with van der Waals surface area (Å²) in [7, 11) is 0. The summed E-state index contributed by atoms with van der Waals surface area (Å²) < 4.78 is 0. The highest BCUT2D eigenvalue weighted by molar-refractivity contribution is 5.97. The summed E-state index contributed by atoms with van der Waals surface area (Å²) in [4.78, 5) is 22.5. The van der Waals surface area contributed by atoms with E-state index >= 15 is 0 Å². The lowest BCUT2D eigenvalue weighted by atomic mass is 9.96. The number of benzene rings is 2. The minimum atomic E-state index is -0.535. The molecule has 0 radical (unpaired) electrons. The number of hydrogen-bond donors (Lipinski definition) is 1. The predicted molar refractivity (Wildman–Crippen MR) is 146 cm³/mol. The van der Waals surface area contributed by atoms with Gasteiger partial charge in [0, 0.05) is 63.1 Å². The summed E-state index contributed by atoms with van der Waals surface area (Å²) in [6.07, 6.45) is 3.74. The van der Waals surface area contributed by atoms with E-state index in [2.05, 4.69) is 64.9 Å². The van der Waals surface area contributed by atoms with Crippen LogP contribution in [0.25, 0.3) is 0 Å². The maximum atomic E-state index is 13.3. The van der Waals surface area contributed by atoms with Gasteiger partial charge in [0.05, 0.1) is 6.10 Å². The van der Waals surface area contributed by atoms with Gasteiger partial charge in [0.2, 0.25) is 0 Å². The molecule has 0 saturated carbocycles. The fourth-order valence-electron chi connectivity index (χ4n) is 6.44. The normalized spacial score (nSPS) is 19.9. The number of nitrogens with zero attached hydrogens (tertiary/aromatic N) is 4. The molecule has 3 aliphatic rings. The standard InChI is InChI=1S/C30H42N4O2/c1-3-32(4-2)26-13-17-33(18-14-26)27-9-10-29-24(19-27)12-16-34(30(29)36)22-28(35)21-31-15-11-23-7-5-6-8-25(23)20-31/h5-10,19,26,28,35H,3-4,11-18,20-22H2,1-2H3. The molecule has 1 N–H and O–H groups in total. The maximum Gasteiger partial charge on any atom is 0.254 e. The number of carbonyl (C=O) groups is 1. The number of anilines is 1. The third kappa shape index (κ3) is 5.46. The van der Waals surface area contributed by atoms with E-state index in [0.717, 1.165) is 63.2 Å². The molecule has 1 atom stereocenters. The molecule has 3 aliphatic heterocycles. The van der Waals surface area contributed by atoms with Gasteiger partial charge in [-0.2, -0.15) is 0 Å². The largest absolute Gasteiger partial charge is 0.390 e. The molecule has 6 heteroatoms. The van der Waals surface area contributed by atoms with Gasteiger partial charge in [0.25, 0.3) is 5.91 Å². The second kappa shape index (κ2) is 11.3. The first-order valence-electron chi connectivity index (χ1n) is 13.9. The lowest BCUT2D eigenvalue weighted by molar-refractivity contribution is 0.0493. The van der Waals surface area contributed by atoms with Gasteiger partial charge >= 0.3 is 0 Å². The SMILES string of the molecule is CCN(CC)C1CCN(c2ccc3c(c2)CCN(CC(O)CN2CCc4ccccc4C2)C3=O)CC1. The maximum absolute atomic E-state index is 13.3. The van der Waals surface area contributed by atoms with Gasteiger partial charge in [-0.3, -0.25) is 9.69 Å². The molecule has 194 valence electrons. The quantitative estimate of drug-likeness (QED) is 0.615. The Labute approximate surface area is 216 Å². The van der Waals surface area contributed by atoms with Gasteiger partial charge in [-0.15, -0.1) is 0 Å². The van der Waals surface area contributed by atoms with Crippen LogP contribution in [-0.4, -0.2) is 90.2 Å². The van der Waals surface area contributed by atoms with Gasteiger partial charge < -0.3 is 19.8 Å². The van der Waals surface area contributed by atoms with Crippen molar-refractivity contribution in [2.24, 2.45) is 0 Å². The molecular weight excluding hydrogens is 448 g/mol. The molecule has 36 heavy (non-hydrogen) atoms. The van der Waals surface area contributed by atoms with Crippen LogP contribution in [0.5, 0.6) is 0 Å². The highest BCUT2D eigenvalue weighted by Crippen LogP contribution is 2.28. The lowest BCUT2D eigenvalue weighted by Crippen LogP contribution is -2.46. The average molecular weight is 491 g/mol. The van der Waals surface area contributed by atoms with Gasteiger partial charge in [0.15, 0.2) is 0 Å². The van der Waals surface area contributed by atoms with Crippen LogP contribution in [0.15, 0.2) is 42.5 Å². The molecule has 3 heterocycles. The Kier molecular flexibility index (Phi) is 7.94. The van der Waals surface area contributed by atoms with E-state index < -0.39 is 6.10 Å². The second-order valence-corrected chi connectivity index (χ2v) is 10.7. The van der Waals surface area contributed by atoms with Crippen molar-refractivity contribution >= 4 is 11.6 Å². The third-order valence-electron chi connectivity index (χ3n) is 8.53. The average Bonchev–Trinajstić information content (AvgIpc) is 2.91. The minimum absolute atomic E-state index is 0.0612. The summed E-state index contributed by atoms with van der Waals surface area (Å²) in [6.45, 7) is 12.4. The summed E-state index contributed by atoms with van der Waals surface area (Å²) in [5.74, 6) is 0.0612. The number of amides is 1. The first kappa shape index (κ1) is 25.2. The zero-order chi connectivity index (χ0) is 25.1. The minimum Gasteiger partial charge on any atom is -0.390 e. The number of hydrogen-bond acceptors (Lipinski definition) is 5. The van der Waals surface area contributed by atoms with Gasteiger partial charge in [-0.1, -0.05) is 38.1 Å². The molecular formula is C30H42N4O2. The number of β-amino-alcohol motifs (C(OH)–C–C–N with tert-alkyl or cyclic N) is 1. The highest BCUT2D eigenvalue weighted by Gasteiger charge is 2.29. The van der Waals surface area contributed by atoms with Crippen molar-refractivity contribution in [3.8, 4) is 0 Å². The van der Waals surface area contributed by atoms with Crippen LogP contribution in [0.4, 0.5) is 5.69 Å². The zero-order valence-electron chi connectivity index (χ0n) is 22.0. The van der Waals surface area contributed by atoms with E-state index in [1.807, 2.05) is 11.0 Å².